The van der Waals surface area contributed by atoms with Crippen molar-refractivity contribution < 1.29 is 41.8 Å². The number of fused-ring (bicyclic) bond motifs is 6. The maximum atomic E-state index is 12.6. The number of hydrogen-bond acceptors (Lipinski definition) is 15. The minimum absolute atomic E-state index is 0.159. The second kappa shape index (κ2) is 21.3. The third-order valence-corrected chi connectivity index (χ3v) is 16.4. The third-order valence-electron chi connectivity index (χ3n) is 16.4. The molecule has 3 aromatic heterocycles. The maximum Gasteiger partial charge on any atom is 0.419 e. The number of ether oxygens (including phenoxy) is 3. The molecule has 0 saturated carbocycles. The van der Waals surface area contributed by atoms with Gasteiger partial charge in [-0.2, -0.15) is 0 Å². The number of carbonyl (C=O) groups is 3. The molecule has 6 aliphatic rings. The van der Waals surface area contributed by atoms with Gasteiger partial charge in [-0.3, -0.25) is 13.7 Å². The number of amides is 3. The van der Waals surface area contributed by atoms with Gasteiger partial charge in [-0.15, -0.1) is 0 Å². The fourth-order valence-electron chi connectivity index (χ4n) is 12.5. The number of nitrogens with zero attached hydrogens (tertiary/aromatic N) is 9. The molecule has 0 unspecified atom stereocenters. The number of aryl methyl sites for hydroxylation is 3. The molecule has 0 N–H and O–H groups in total. The summed E-state index contributed by atoms with van der Waals surface area (Å²) in [4.78, 5) is 85.1. The molecule has 0 radical (unpaired) electrons. The topological polar surface area (TPSA) is 204 Å². The molecule has 3 amide bonds. The maximum absolute atomic E-state index is 12.6. The summed E-state index contributed by atoms with van der Waals surface area (Å²) in [7, 11) is 5.12. The average molecular weight is 1110 g/mol. The molecule has 9 heterocycles. The quantitative estimate of drug-likeness (QED) is 0.153. The zero-order chi connectivity index (χ0) is 57.3. The van der Waals surface area contributed by atoms with E-state index in [4.69, 9.17) is 27.5 Å². The van der Waals surface area contributed by atoms with Crippen LogP contribution in [0.3, 0.4) is 0 Å². The Labute approximate surface area is 465 Å². The highest BCUT2D eigenvalue weighted by Gasteiger charge is 2.45. The first-order valence-electron chi connectivity index (χ1n) is 28.2. The normalized spacial score (nSPS) is 22.9. The first-order chi connectivity index (χ1) is 37.7. The molecule has 6 aromatic rings. The van der Waals surface area contributed by atoms with E-state index in [0.29, 0.717) is 47.0 Å². The standard InChI is InChI=1S/2C20H27N3O4.C19H25N3O4/c1-20(2,3)27-19(25)22-11-13-6-5-9-23(16(13)12-22)14-7-8-15-17(10-14)26-18(24)21(15)4;1-20(2,3)27-19(25)23-9-5-6-13-11-22(12-16(13)23)14-7-8-15-17(10-14)26-18(24)21(15)4;1-19(2,3)26-18(24)22-10-12-8-21(9-13(12)11-22)14-5-6-15-16(7-14)25-17(23)20(15)4/h2*7-8,10,13,16H,5-6,9,11-12H2,1-4H3;5-7,12-13H,8-11H2,1-4H3/t2*13-,16+;12-,13+/m01./s1. The van der Waals surface area contributed by atoms with Crippen molar-refractivity contribution in [1.82, 2.24) is 28.4 Å². The Hall–Kier alpha value is -7.32. The van der Waals surface area contributed by atoms with E-state index < -0.39 is 16.8 Å². The summed E-state index contributed by atoms with van der Waals surface area (Å²) in [6.45, 7) is 25.1. The van der Waals surface area contributed by atoms with Crippen molar-refractivity contribution in [2.24, 2.45) is 44.8 Å². The fraction of sp³-hybridized carbons (Fsp3) is 0.593. The summed E-state index contributed by atoms with van der Waals surface area (Å²) in [5.41, 5.74) is 5.88. The molecule has 3 aromatic carbocycles. The summed E-state index contributed by atoms with van der Waals surface area (Å²) in [6.07, 6.45) is 3.64. The molecule has 12 rings (SSSR count). The molecular weight excluding hydrogens is 1030 g/mol. The zero-order valence-electron chi connectivity index (χ0n) is 48.5. The molecule has 21 nitrogen and oxygen atoms in total. The van der Waals surface area contributed by atoms with Gasteiger partial charge in [0, 0.05) is 134 Å². The summed E-state index contributed by atoms with van der Waals surface area (Å²) in [5.74, 6) is 0.712. The predicted molar refractivity (Wildman–Crippen MR) is 305 cm³/mol. The van der Waals surface area contributed by atoms with Crippen LogP contribution in [0.25, 0.3) is 33.3 Å². The summed E-state index contributed by atoms with van der Waals surface area (Å²) >= 11 is 0. The van der Waals surface area contributed by atoms with Gasteiger partial charge in [0.15, 0.2) is 16.7 Å². The van der Waals surface area contributed by atoms with E-state index in [1.165, 1.54) is 13.7 Å². The van der Waals surface area contributed by atoms with Crippen molar-refractivity contribution in [3.8, 4) is 0 Å². The number of anilines is 3. The lowest BCUT2D eigenvalue weighted by Gasteiger charge is -2.38. The van der Waals surface area contributed by atoms with Crippen LogP contribution in [-0.4, -0.2) is 141 Å². The molecule has 6 atom stereocenters. The zero-order valence-corrected chi connectivity index (χ0v) is 48.5. The van der Waals surface area contributed by atoms with Gasteiger partial charge in [-0.25, -0.2) is 28.8 Å². The molecular formula is C59H79N9O12. The molecule has 432 valence electrons. The SMILES string of the molecule is Cn1c(=O)oc2cc(N3CCC[C@H]4CN(C(=O)OC(C)(C)C)C[C@H]43)ccc21.Cn1c(=O)oc2cc(N3C[C@H]4CCCN(C(=O)OC(C)(C)C)[C@H]4C3)ccc21.Cn1c(=O)oc2cc(N3C[C@H]4CN(C(=O)OC(C)(C)C)C[C@H]4C3)ccc21. The number of likely N-dealkylation sites (tertiary alicyclic amines) is 3. The molecule has 6 saturated heterocycles. The van der Waals surface area contributed by atoms with Gasteiger partial charge >= 0.3 is 35.5 Å². The Bertz CT molecular complexity index is 3460. The van der Waals surface area contributed by atoms with E-state index in [9.17, 15) is 28.8 Å². The van der Waals surface area contributed by atoms with Crippen molar-refractivity contribution in [3.05, 3.63) is 86.2 Å². The van der Waals surface area contributed by atoms with Gasteiger partial charge in [0.1, 0.15) is 16.8 Å². The minimum Gasteiger partial charge on any atom is -0.444 e. The van der Waals surface area contributed by atoms with E-state index in [-0.39, 0.29) is 47.6 Å². The van der Waals surface area contributed by atoms with Crippen LogP contribution in [0.5, 0.6) is 0 Å². The lowest BCUT2D eigenvalue weighted by atomic mass is 9.91. The van der Waals surface area contributed by atoms with Crippen molar-refractivity contribution in [2.45, 2.75) is 117 Å². The fourth-order valence-corrected chi connectivity index (χ4v) is 12.5. The van der Waals surface area contributed by atoms with Crippen LogP contribution >= 0.6 is 0 Å². The van der Waals surface area contributed by atoms with Crippen LogP contribution in [0.2, 0.25) is 0 Å². The Morgan fingerprint density at radius 1 is 0.450 bits per heavy atom. The highest BCUT2D eigenvalue weighted by molar-refractivity contribution is 5.80. The molecule has 6 fully saturated rings. The van der Waals surface area contributed by atoms with Crippen LogP contribution in [0, 0.1) is 23.7 Å². The van der Waals surface area contributed by atoms with Crippen LogP contribution in [0.4, 0.5) is 31.4 Å². The average Bonchev–Trinajstić information content (AvgIpc) is 4.37. The van der Waals surface area contributed by atoms with Crippen molar-refractivity contribution >= 4 is 68.6 Å². The Morgan fingerprint density at radius 3 is 1.30 bits per heavy atom. The minimum atomic E-state index is -0.488. The number of piperidine rings is 2. The molecule has 0 spiro atoms. The van der Waals surface area contributed by atoms with Gasteiger partial charge in [0.05, 0.1) is 28.6 Å². The molecule has 6 aliphatic heterocycles. The van der Waals surface area contributed by atoms with E-state index >= 15 is 0 Å². The van der Waals surface area contributed by atoms with Crippen LogP contribution in [0.15, 0.2) is 82.2 Å². The van der Waals surface area contributed by atoms with Crippen LogP contribution in [-0.2, 0) is 35.4 Å². The second-order valence-electron chi connectivity index (χ2n) is 25.6. The number of carbonyl (C=O) groups excluding carboxylic acids is 3. The lowest BCUT2D eigenvalue weighted by molar-refractivity contribution is 0.00660. The predicted octanol–water partition coefficient (Wildman–Crippen LogP) is 8.37. The number of rotatable bonds is 3. The molecule has 21 heteroatoms. The monoisotopic (exact) mass is 1110 g/mol. The van der Waals surface area contributed by atoms with E-state index in [1.807, 2.05) is 132 Å². The number of hydrogen-bond donors (Lipinski definition) is 0. The van der Waals surface area contributed by atoms with Crippen LogP contribution < -0.4 is 32.0 Å². The Morgan fingerprint density at radius 2 is 0.825 bits per heavy atom. The van der Waals surface area contributed by atoms with Gasteiger partial charge < -0.3 is 56.9 Å². The Balaban J connectivity index is 0.000000135. The van der Waals surface area contributed by atoms with Crippen molar-refractivity contribution in [1.29, 1.82) is 0 Å². The smallest absolute Gasteiger partial charge is 0.419 e. The second-order valence-corrected chi connectivity index (χ2v) is 25.6. The summed E-state index contributed by atoms with van der Waals surface area (Å²) < 4.78 is 37.2. The number of benzene rings is 3. The Kier molecular flexibility index (Phi) is 14.9. The number of oxazole rings is 3. The van der Waals surface area contributed by atoms with Crippen molar-refractivity contribution in [3.63, 3.8) is 0 Å². The van der Waals surface area contributed by atoms with Crippen LogP contribution in [0.1, 0.15) is 88.0 Å². The highest BCUT2D eigenvalue weighted by atomic mass is 16.6. The van der Waals surface area contributed by atoms with Crippen molar-refractivity contribution in [2.75, 3.05) is 80.1 Å². The first-order valence-corrected chi connectivity index (χ1v) is 28.2. The van der Waals surface area contributed by atoms with E-state index in [2.05, 4.69) is 14.7 Å². The van der Waals surface area contributed by atoms with Gasteiger partial charge in [-0.05, 0) is 136 Å². The summed E-state index contributed by atoms with van der Waals surface area (Å²) in [5, 5.41) is 0. The number of aromatic nitrogens is 3. The van der Waals surface area contributed by atoms with Gasteiger partial charge in [0.2, 0.25) is 0 Å². The molecule has 0 bridgehead atoms. The first kappa shape index (κ1) is 56.0. The third kappa shape index (κ3) is 11.8. The van der Waals surface area contributed by atoms with E-state index in [1.54, 1.807) is 21.1 Å². The summed E-state index contributed by atoms with van der Waals surface area (Å²) in [6, 6.07) is 18.1. The van der Waals surface area contributed by atoms with Gasteiger partial charge in [0.25, 0.3) is 0 Å². The highest BCUT2D eigenvalue weighted by Crippen LogP contribution is 2.39. The van der Waals surface area contributed by atoms with Gasteiger partial charge in [-0.1, -0.05) is 0 Å². The van der Waals surface area contributed by atoms with E-state index in [0.717, 1.165) is 118 Å². The lowest BCUT2D eigenvalue weighted by Crippen LogP contribution is -2.50. The largest absolute Gasteiger partial charge is 0.444 e. The molecule has 80 heavy (non-hydrogen) atoms. The molecule has 0 aliphatic carbocycles.